The third-order valence-corrected chi connectivity index (χ3v) is 7.84. The van der Waals surface area contributed by atoms with Gasteiger partial charge in [-0.2, -0.15) is 0 Å². The van der Waals surface area contributed by atoms with Gasteiger partial charge in [-0.25, -0.2) is 9.88 Å². The molecule has 3 heterocycles. The van der Waals surface area contributed by atoms with Crippen LogP contribution in [0, 0.1) is 5.92 Å². The lowest BCUT2D eigenvalue weighted by Gasteiger charge is -2.35. The third-order valence-electron chi connectivity index (χ3n) is 6.87. The molecule has 35 heavy (non-hydrogen) atoms. The van der Waals surface area contributed by atoms with Crippen LogP contribution in [0.4, 0.5) is 17.5 Å². The number of anilines is 3. The lowest BCUT2D eigenvalue weighted by Crippen LogP contribution is -2.44. The zero-order valence-corrected chi connectivity index (χ0v) is 22.1. The smallest absolute Gasteiger partial charge is 0.260 e. The van der Waals surface area contributed by atoms with Gasteiger partial charge in [0.2, 0.25) is 11.9 Å². The SMILES string of the molecule is C[C@@]1(Cc2ccc(Br)cc2)C(=O)N(c2cc(Cl)cc(Cl)c2)c2ncc(N3CCC(C(N)=O)CC3)n21. The number of fused-ring (bicyclic) bond motifs is 1. The molecule has 0 bridgehead atoms. The van der Waals surface area contributed by atoms with E-state index in [-0.39, 0.29) is 17.7 Å². The molecule has 2 amide bonds. The molecular weight excluding hydrogens is 553 g/mol. The van der Waals surface area contributed by atoms with E-state index in [4.69, 9.17) is 28.9 Å². The largest absolute Gasteiger partial charge is 0.369 e. The number of amides is 2. The molecule has 0 spiro atoms. The lowest BCUT2D eigenvalue weighted by molar-refractivity contribution is -0.124. The Kier molecular flexibility index (Phi) is 6.32. The molecule has 0 aliphatic carbocycles. The summed E-state index contributed by atoms with van der Waals surface area (Å²) in [6.07, 6.45) is 3.60. The van der Waals surface area contributed by atoms with Gasteiger partial charge in [0.25, 0.3) is 5.91 Å². The van der Waals surface area contributed by atoms with E-state index in [9.17, 15) is 9.59 Å². The van der Waals surface area contributed by atoms with Gasteiger partial charge < -0.3 is 10.6 Å². The van der Waals surface area contributed by atoms with Crippen LogP contribution in [-0.2, 0) is 21.5 Å². The van der Waals surface area contributed by atoms with Gasteiger partial charge in [-0.3, -0.25) is 14.2 Å². The van der Waals surface area contributed by atoms with Gasteiger partial charge in [-0.15, -0.1) is 0 Å². The van der Waals surface area contributed by atoms with Crippen molar-refractivity contribution in [2.45, 2.75) is 31.7 Å². The Morgan fingerprint density at radius 1 is 1.14 bits per heavy atom. The number of carbonyl (C=O) groups is 2. The number of hydrogen-bond donors (Lipinski definition) is 1. The van der Waals surface area contributed by atoms with Crippen LogP contribution in [0.2, 0.25) is 10.0 Å². The topological polar surface area (TPSA) is 84.5 Å². The summed E-state index contributed by atoms with van der Waals surface area (Å²) >= 11 is 16.1. The summed E-state index contributed by atoms with van der Waals surface area (Å²) in [6.45, 7) is 3.25. The average molecular weight is 577 g/mol. The Balaban J connectivity index is 1.59. The van der Waals surface area contributed by atoms with Crippen molar-refractivity contribution in [1.29, 1.82) is 0 Å². The van der Waals surface area contributed by atoms with Crippen LogP contribution in [-0.4, -0.2) is 34.5 Å². The monoisotopic (exact) mass is 575 g/mol. The zero-order chi connectivity index (χ0) is 24.9. The Bertz CT molecular complexity index is 1280. The number of piperidine rings is 1. The molecule has 1 aromatic heterocycles. The molecule has 2 aliphatic rings. The highest BCUT2D eigenvalue weighted by Crippen LogP contribution is 2.46. The standard InChI is InChI=1S/C25H24BrCl2N5O2/c1-25(13-15-2-4-17(26)5-3-15)23(35)32(20-11-18(27)10-19(28)12-20)24-30-14-21(33(24)25)31-8-6-16(7-9-31)22(29)34/h2-5,10-12,14,16H,6-9,13H2,1H3,(H2,29,34)/t25-/m1/s1. The molecule has 0 unspecified atom stereocenters. The summed E-state index contributed by atoms with van der Waals surface area (Å²) in [5.74, 6) is 0.845. The number of primary amides is 1. The first-order valence-electron chi connectivity index (χ1n) is 11.3. The second kappa shape index (κ2) is 9.15. The number of aromatic nitrogens is 2. The number of imidazole rings is 1. The maximum absolute atomic E-state index is 14.1. The molecule has 2 aliphatic heterocycles. The molecular formula is C25H24BrCl2N5O2. The van der Waals surface area contributed by atoms with E-state index in [2.05, 4.69) is 25.8 Å². The van der Waals surface area contributed by atoms with E-state index in [0.717, 1.165) is 15.9 Å². The van der Waals surface area contributed by atoms with Crippen molar-refractivity contribution in [1.82, 2.24) is 9.55 Å². The second-order valence-corrected chi connectivity index (χ2v) is 11.0. The number of nitrogens with zero attached hydrogens (tertiary/aromatic N) is 4. The van der Waals surface area contributed by atoms with Gasteiger partial charge in [0, 0.05) is 39.9 Å². The molecule has 7 nitrogen and oxygen atoms in total. The molecule has 3 aromatic rings. The predicted octanol–water partition coefficient (Wildman–Crippen LogP) is 5.29. The Morgan fingerprint density at radius 3 is 2.37 bits per heavy atom. The first kappa shape index (κ1) is 24.2. The van der Waals surface area contributed by atoms with Crippen LogP contribution in [0.25, 0.3) is 0 Å². The van der Waals surface area contributed by atoms with E-state index >= 15 is 0 Å². The summed E-state index contributed by atoms with van der Waals surface area (Å²) in [6, 6.07) is 13.0. The van der Waals surface area contributed by atoms with Crippen molar-refractivity contribution < 1.29 is 9.59 Å². The highest BCUT2D eigenvalue weighted by atomic mass is 79.9. The quantitative estimate of drug-likeness (QED) is 0.447. The van der Waals surface area contributed by atoms with Gasteiger partial charge in [-0.05, 0) is 55.7 Å². The van der Waals surface area contributed by atoms with Crippen LogP contribution in [0.15, 0.2) is 53.1 Å². The molecule has 2 N–H and O–H groups in total. The Labute approximate surface area is 221 Å². The first-order valence-corrected chi connectivity index (χ1v) is 12.9. The zero-order valence-electron chi connectivity index (χ0n) is 19.0. The minimum absolute atomic E-state index is 0.116. The van der Waals surface area contributed by atoms with E-state index in [1.807, 2.05) is 35.8 Å². The lowest BCUT2D eigenvalue weighted by atomic mass is 9.91. The Hall–Kier alpha value is -2.55. The van der Waals surface area contributed by atoms with Crippen LogP contribution in [0.5, 0.6) is 0 Å². The molecule has 1 fully saturated rings. The van der Waals surface area contributed by atoms with Gasteiger partial charge >= 0.3 is 0 Å². The predicted molar refractivity (Wildman–Crippen MR) is 141 cm³/mol. The molecule has 1 saturated heterocycles. The van der Waals surface area contributed by atoms with Gasteiger partial charge in [0.05, 0.1) is 11.9 Å². The molecule has 2 aromatic carbocycles. The normalized spacial score (nSPS) is 20.4. The fourth-order valence-corrected chi connectivity index (χ4v) is 5.84. The van der Waals surface area contributed by atoms with Crippen molar-refractivity contribution in [3.63, 3.8) is 0 Å². The van der Waals surface area contributed by atoms with Gasteiger partial charge in [-0.1, -0.05) is 51.3 Å². The van der Waals surface area contributed by atoms with Crippen molar-refractivity contribution in [2.75, 3.05) is 22.9 Å². The van der Waals surface area contributed by atoms with Gasteiger partial charge in [0.1, 0.15) is 11.4 Å². The van der Waals surface area contributed by atoms with E-state index < -0.39 is 5.54 Å². The third kappa shape index (κ3) is 4.32. The van der Waals surface area contributed by atoms with Crippen molar-refractivity contribution in [2.24, 2.45) is 11.7 Å². The maximum Gasteiger partial charge on any atom is 0.260 e. The highest BCUT2D eigenvalue weighted by Gasteiger charge is 2.51. The van der Waals surface area contributed by atoms with E-state index in [0.29, 0.717) is 54.0 Å². The summed E-state index contributed by atoms with van der Waals surface area (Å²) in [7, 11) is 0. The number of carbonyl (C=O) groups excluding carboxylic acids is 2. The fraction of sp³-hybridized carbons (Fsp3) is 0.320. The van der Waals surface area contributed by atoms with Crippen LogP contribution in [0.1, 0.15) is 25.3 Å². The number of halogens is 3. The number of nitrogens with two attached hydrogens (primary N) is 1. The summed E-state index contributed by atoms with van der Waals surface area (Å²) in [5, 5.41) is 0.877. The average Bonchev–Trinajstić information content (AvgIpc) is 3.33. The Morgan fingerprint density at radius 2 is 1.77 bits per heavy atom. The molecule has 5 rings (SSSR count). The fourth-order valence-electron chi connectivity index (χ4n) is 5.06. The second-order valence-electron chi connectivity index (χ2n) is 9.26. The summed E-state index contributed by atoms with van der Waals surface area (Å²) < 4.78 is 2.98. The number of rotatable bonds is 5. The molecule has 0 radical (unpaired) electrons. The van der Waals surface area contributed by atoms with Gasteiger partial charge in [0.15, 0.2) is 0 Å². The van der Waals surface area contributed by atoms with Crippen LogP contribution in [0.3, 0.4) is 0 Å². The molecule has 182 valence electrons. The summed E-state index contributed by atoms with van der Waals surface area (Å²) in [5.41, 5.74) is 6.18. The minimum Gasteiger partial charge on any atom is -0.369 e. The highest BCUT2D eigenvalue weighted by molar-refractivity contribution is 9.10. The summed E-state index contributed by atoms with van der Waals surface area (Å²) in [4.78, 5) is 34.2. The molecule has 10 heteroatoms. The maximum atomic E-state index is 14.1. The molecule has 1 atom stereocenters. The minimum atomic E-state index is -0.940. The van der Waals surface area contributed by atoms with Crippen molar-refractivity contribution >= 4 is 68.4 Å². The van der Waals surface area contributed by atoms with E-state index in [1.54, 1.807) is 29.3 Å². The molecule has 0 saturated carbocycles. The van der Waals surface area contributed by atoms with Crippen molar-refractivity contribution in [3.05, 3.63) is 68.7 Å². The number of benzene rings is 2. The van der Waals surface area contributed by atoms with Crippen LogP contribution >= 0.6 is 39.1 Å². The number of hydrogen-bond acceptors (Lipinski definition) is 4. The van der Waals surface area contributed by atoms with Crippen LogP contribution < -0.4 is 15.5 Å². The van der Waals surface area contributed by atoms with Crippen molar-refractivity contribution in [3.8, 4) is 0 Å². The van der Waals surface area contributed by atoms with E-state index in [1.165, 1.54) is 0 Å². The first-order chi connectivity index (χ1) is 16.7.